The van der Waals surface area contributed by atoms with Gasteiger partial charge in [-0.15, -0.1) is 0 Å². The molecule has 1 aliphatic heterocycles. The third kappa shape index (κ3) is 7.83. The lowest BCUT2D eigenvalue weighted by Crippen LogP contribution is -2.50. The van der Waals surface area contributed by atoms with Gasteiger partial charge in [-0.05, 0) is 31.9 Å². The highest BCUT2D eigenvalue weighted by atomic mass is 16.5. The van der Waals surface area contributed by atoms with E-state index < -0.39 is 0 Å². The van der Waals surface area contributed by atoms with Crippen LogP contribution in [0.5, 0.6) is 11.5 Å². The Morgan fingerprint density at radius 2 is 2.00 bits per heavy atom. The standard InChI is InChI=1S/C22H36N4O3/c1-5-23-22(25-18-10-13-26(14-11-18)21(27)17(2)3)24-12-7-15-29-20-9-6-8-19(16-20)28-4/h6,8-9,16-18H,5,7,10-15H2,1-4H3,(H2,23,24,25). The van der Waals surface area contributed by atoms with Crippen LogP contribution >= 0.6 is 0 Å². The number of hydrogen-bond acceptors (Lipinski definition) is 4. The quantitative estimate of drug-likeness (QED) is 0.376. The van der Waals surface area contributed by atoms with Crippen LogP contribution in [0.3, 0.4) is 0 Å². The maximum atomic E-state index is 12.1. The number of piperidine rings is 1. The third-order valence-electron chi connectivity index (χ3n) is 4.87. The summed E-state index contributed by atoms with van der Waals surface area (Å²) in [6.07, 6.45) is 2.72. The summed E-state index contributed by atoms with van der Waals surface area (Å²) in [5.41, 5.74) is 0. The molecule has 0 unspecified atom stereocenters. The molecule has 1 aromatic rings. The first-order chi connectivity index (χ1) is 14.0. The smallest absolute Gasteiger partial charge is 0.225 e. The summed E-state index contributed by atoms with van der Waals surface area (Å²) in [5, 5.41) is 6.82. The molecule has 1 saturated heterocycles. The summed E-state index contributed by atoms with van der Waals surface area (Å²) in [5.74, 6) is 2.75. The predicted molar refractivity (Wildman–Crippen MR) is 117 cm³/mol. The summed E-state index contributed by atoms with van der Waals surface area (Å²) in [7, 11) is 1.65. The molecular weight excluding hydrogens is 368 g/mol. The van der Waals surface area contributed by atoms with E-state index in [0.29, 0.717) is 19.2 Å². The zero-order valence-electron chi connectivity index (χ0n) is 18.2. The first kappa shape index (κ1) is 22.8. The second kappa shape index (κ2) is 12.2. The molecule has 0 atom stereocenters. The van der Waals surface area contributed by atoms with Crippen molar-refractivity contribution in [1.29, 1.82) is 0 Å². The summed E-state index contributed by atoms with van der Waals surface area (Å²) in [6, 6.07) is 7.96. The Labute approximate surface area is 174 Å². The van der Waals surface area contributed by atoms with E-state index in [4.69, 9.17) is 9.47 Å². The maximum absolute atomic E-state index is 12.1. The Bertz CT molecular complexity index is 655. The minimum Gasteiger partial charge on any atom is -0.497 e. The van der Waals surface area contributed by atoms with E-state index in [-0.39, 0.29) is 11.8 Å². The molecule has 7 nitrogen and oxygen atoms in total. The van der Waals surface area contributed by atoms with Crippen molar-refractivity contribution in [3.63, 3.8) is 0 Å². The maximum Gasteiger partial charge on any atom is 0.225 e. The zero-order valence-corrected chi connectivity index (χ0v) is 18.2. The molecule has 1 heterocycles. The van der Waals surface area contributed by atoms with E-state index in [2.05, 4.69) is 22.5 Å². The number of ether oxygens (including phenoxy) is 2. The number of carbonyl (C=O) groups excluding carboxylic acids is 1. The van der Waals surface area contributed by atoms with Crippen molar-refractivity contribution in [2.45, 2.75) is 46.1 Å². The average molecular weight is 405 g/mol. The molecule has 0 spiro atoms. The number of carbonyl (C=O) groups is 1. The highest BCUT2D eigenvalue weighted by Gasteiger charge is 2.24. The number of likely N-dealkylation sites (tertiary alicyclic amines) is 1. The second-order valence-electron chi connectivity index (χ2n) is 7.54. The van der Waals surface area contributed by atoms with Crippen molar-refractivity contribution in [2.24, 2.45) is 10.9 Å². The fraction of sp³-hybridized carbons (Fsp3) is 0.636. The number of rotatable bonds is 9. The van der Waals surface area contributed by atoms with Gasteiger partial charge in [0.1, 0.15) is 11.5 Å². The molecule has 29 heavy (non-hydrogen) atoms. The minimum absolute atomic E-state index is 0.0672. The molecule has 2 rings (SSSR count). The van der Waals surface area contributed by atoms with Gasteiger partial charge in [-0.1, -0.05) is 19.9 Å². The molecule has 1 aliphatic rings. The number of amides is 1. The van der Waals surface area contributed by atoms with Gasteiger partial charge < -0.3 is 25.0 Å². The summed E-state index contributed by atoms with van der Waals surface area (Å²) in [6.45, 7) is 9.70. The van der Waals surface area contributed by atoms with Crippen LogP contribution < -0.4 is 20.1 Å². The van der Waals surface area contributed by atoms with Gasteiger partial charge in [0.05, 0.1) is 13.7 Å². The molecule has 0 bridgehead atoms. The van der Waals surface area contributed by atoms with Crippen molar-refractivity contribution in [3.8, 4) is 11.5 Å². The monoisotopic (exact) mass is 404 g/mol. The number of guanidine groups is 1. The van der Waals surface area contributed by atoms with E-state index in [1.165, 1.54) is 0 Å². The van der Waals surface area contributed by atoms with Crippen LogP contribution in [0.15, 0.2) is 29.3 Å². The minimum atomic E-state index is 0.0672. The van der Waals surface area contributed by atoms with Gasteiger partial charge in [-0.3, -0.25) is 9.79 Å². The van der Waals surface area contributed by atoms with Gasteiger partial charge in [0, 0.05) is 50.6 Å². The molecule has 0 saturated carbocycles. The van der Waals surface area contributed by atoms with Crippen LogP contribution in [-0.4, -0.2) is 62.7 Å². The lowest BCUT2D eigenvalue weighted by molar-refractivity contribution is -0.135. The number of methoxy groups -OCH3 is 1. The second-order valence-corrected chi connectivity index (χ2v) is 7.54. The van der Waals surface area contributed by atoms with Crippen molar-refractivity contribution in [1.82, 2.24) is 15.5 Å². The summed E-state index contributed by atoms with van der Waals surface area (Å²) < 4.78 is 11.0. The van der Waals surface area contributed by atoms with Crippen LogP contribution in [0.25, 0.3) is 0 Å². The Balaban J connectivity index is 1.73. The van der Waals surface area contributed by atoms with Crippen LogP contribution in [0.2, 0.25) is 0 Å². The normalized spacial score (nSPS) is 15.3. The molecular formula is C22H36N4O3. The lowest BCUT2D eigenvalue weighted by atomic mass is 10.0. The fourth-order valence-electron chi connectivity index (χ4n) is 3.26. The molecule has 162 valence electrons. The molecule has 1 amide bonds. The predicted octanol–water partition coefficient (Wildman–Crippen LogP) is 2.67. The Morgan fingerprint density at radius 3 is 2.66 bits per heavy atom. The van der Waals surface area contributed by atoms with Gasteiger partial charge in [0.15, 0.2) is 5.96 Å². The summed E-state index contributed by atoms with van der Waals surface area (Å²) in [4.78, 5) is 18.8. The molecule has 1 fully saturated rings. The van der Waals surface area contributed by atoms with Gasteiger partial charge >= 0.3 is 0 Å². The summed E-state index contributed by atoms with van der Waals surface area (Å²) >= 11 is 0. The number of nitrogens with zero attached hydrogens (tertiary/aromatic N) is 2. The topological polar surface area (TPSA) is 75.2 Å². The molecule has 0 aliphatic carbocycles. The Hall–Kier alpha value is -2.44. The number of hydrogen-bond donors (Lipinski definition) is 2. The van der Waals surface area contributed by atoms with E-state index in [9.17, 15) is 4.79 Å². The molecule has 2 N–H and O–H groups in total. The van der Waals surface area contributed by atoms with E-state index >= 15 is 0 Å². The Kier molecular flexibility index (Phi) is 9.60. The highest BCUT2D eigenvalue weighted by Crippen LogP contribution is 2.18. The van der Waals surface area contributed by atoms with E-state index in [1.807, 2.05) is 43.0 Å². The van der Waals surface area contributed by atoms with E-state index in [0.717, 1.165) is 56.4 Å². The van der Waals surface area contributed by atoms with E-state index in [1.54, 1.807) is 7.11 Å². The van der Waals surface area contributed by atoms with Gasteiger partial charge in [-0.2, -0.15) is 0 Å². The average Bonchev–Trinajstić information content (AvgIpc) is 2.73. The number of aliphatic imine (C=N–C) groups is 1. The van der Waals surface area contributed by atoms with Crippen molar-refractivity contribution in [3.05, 3.63) is 24.3 Å². The van der Waals surface area contributed by atoms with Crippen LogP contribution in [0, 0.1) is 5.92 Å². The Morgan fingerprint density at radius 1 is 1.28 bits per heavy atom. The first-order valence-electron chi connectivity index (χ1n) is 10.6. The van der Waals surface area contributed by atoms with Crippen LogP contribution in [-0.2, 0) is 4.79 Å². The zero-order chi connectivity index (χ0) is 21.1. The molecule has 7 heteroatoms. The molecule has 1 aromatic carbocycles. The number of nitrogens with one attached hydrogen (secondary N) is 2. The molecule has 0 radical (unpaired) electrons. The molecule has 0 aromatic heterocycles. The highest BCUT2D eigenvalue weighted by molar-refractivity contribution is 5.80. The van der Waals surface area contributed by atoms with Gasteiger partial charge in [-0.25, -0.2) is 0 Å². The SMILES string of the molecule is CCNC(=NCCCOc1cccc(OC)c1)NC1CCN(C(=O)C(C)C)CC1. The van der Waals surface area contributed by atoms with Crippen molar-refractivity contribution < 1.29 is 14.3 Å². The fourth-order valence-corrected chi connectivity index (χ4v) is 3.26. The van der Waals surface area contributed by atoms with Gasteiger partial charge in [0.25, 0.3) is 0 Å². The van der Waals surface area contributed by atoms with Gasteiger partial charge in [0.2, 0.25) is 5.91 Å². The van der Waals surface area contributed by atoms with Crippen molar-refractivity contribution >= 4 is 11.9 Å². The van der Waals surface area contributed by atoms with Crippen LogP contribution in [0.1, 0.15) is 40.0 Å². The van der Waals surface area contributed by atoms with Crippen molar-refractivity contribution in [2.75, 3.05) is 39.9 Å². The lowest BCUT2D eigenvalue weighted by Gasteiger charge is -2.34. The third-order valence-corrected chi connectivity index (χ3v) is 4.87. The number of benzene rings is 1. The largest absolute Gasteiger partial charge is 0.497 e. The first-order valence-corrected chi connectivity index (χ1v) is 10.6. The van der Waals surface area contributed by atoms with Crippen LogP contribution in [0.4, 0.5) is 0 Å².